The molecule has 0 spiro atoms. The van der Waals surface area contributed by atoms with E-state index in [1.165, 1.54) is 0 Å². The minimum absolute atomic E-state index is 0. The van der Waals surface area contributed by atoms with Gasteiger partial charge in [0.05, 0.1) is 18.1 Å². The minimum atomic E-state index is -2.96. The summed E-state index contributed by atoms with van der Waals surface area (Å²) in [6.45, 7) is 4.41. The van der Waals surface area contributed by atoms with Gasteiger partial charge in [0.1, 0.15) is 0 Å². The minimum Gasteiger partial charge on any atom is -0.370 e. The molecule has 23 heavy (non-hydrogen) atoms. The molecule has 1 unspecified atom stereocenters. The number of aliphatic imine (C=N–C) groups is 1. The zero-order valence-corrected chi connectivity index (χ0v) is 16.7. The third-order valence-electron chi connectivity index (χ3n) is 4.32. The lowest BCUT2D eigenvalue weighted by molar-refractivity contribution is -0.121. The van der Waals surface area contributed by atoms with Crippen LogP contribution in [0, 0.1) is 5.92 Å². The van der Waals surface area contributed by atoms with E-state index in [1.54, 1.807) is 0 Å². The van der Waals surface area contributed by atoms with Gasteiger partial charge >= 0.3 is 0 Å². The van der Waals surface area contributed by atoms with E-state index in [0.29, 0.717) is 18.9 Å². The average Bonchev–Trinajstić information content (AvgIpc) is 2.78. The van der Waals surface area contributed by atoms with Gasteiger partial charge in [0.15, 0.2) is 15.8 Å². The predicted octanol–water partition coefficient (Wildman–Crippen LogP) is 0.344. The lowest BCUT2D eigenvalue weighted by atomic mass is 10.00. The quantitative estimate of drug-likeness (QED) is 0.359. The van der Waals surface area contributed by atoms with E-state index in [1.807, 2.05) is 0 Å². The van der Waals surface area contributed by atoms with Crippen LogP contribution in [0.15, 0.2) is 4.99 Å². The fourth-order valence-corrected chi connectivity index (χ4v) is 4.49. The highest BCUT2D eigenvalue weighted by Crippen LogP contribution is 2.15. The van der Waals surface area contributed by atoms with Crippen LogP contribution in [0.1, 0.15) is 32.6 Å². The van der Waals surface area contributed by atoms with E-state index < -0.39 is 9.84 Å². The molecule has 2 fully saturated rings. The van der Waals surface area contributed by atoms with Gasteiger partial charge in [-0.2, -0.15) is 0 Å². The molecule has 2 aliphatic heterocycles. The first-order chi connectivity index (χ1) is 10.4. The highest BCUT2D eigenvalue weighted by molar-refractivity contribution is 14.0. The highest BCUT2D eigenvalue weighted by atomic mass is 127. The summed E-state index contributed by atoms with van der Waals surface area (Å²) in [5.74, 6) is 1.29. The van der Waals surface area contributed by atoms with Crippen LogP contribution in [0.3, 0.4) is 0 Å². The van der Waals surface area contributed by atoms with Gasteiger partial charge in [-0.3, -0.25) is 9.79 Å². The highest BCUT2D eigenvalue weighted by Gasteiger charge is 2.28. The summed E-state index contributed by atoms with van der Waals surface area (Å²) in [4.78, 5) is 18.1. The summed E-state index contributed by atoms with van der Waals surface area (Å²) in [5.41, 5.74) is 5.94. The van der Waals surface area contributed by atoms with Crippen molar-refractivity contribution in [3.63, 3.8) is 0 Å². The molecule has 2 saturated heterocycles. The SMILES string of the molecule is CC1CCN(C(N)=NCCC(=O)NC2CCS(=O)(=O)C2)CC1.I. The van der Waals surface area contributed by atoms with Gasteiger partial charge in [-0.05, 0) is 25.2 Å². The summed E-state index contributed by atoms with van der Waals surface area (Å²) >= 11 is 0. The molecule has 9 heteroatoms. The monoisotopic (exact) mass is 458 g/mol. The van der Waals surface area contributed by atoms with E-state index in [0.717, 1.165) is 31.8 Å². The van der Waals surface area contributed by atoms with Crippen molar-refractivity contribution in [2.75, 3.05) is 31.1 Å². The topological polar surface area (TPSA) is 105 Å². The first kappa shape index (κ1) is 20.5. The molecule has 1 amide bonds. The van der Waals surface area contributed by atoms with Crippen molar-refractivity contribution in [2.45, 2.75) is 38.6 Å². The van der Waals surface area contributed by atoms with Crippen LogP contribution in [0.4, 0.5) is 0 Å². The number of carbonyl (C=O) groups is 1. The van der Waals surface area contributed by atoms with E-state index in [-0.39, 0.29) is 53.9 Å². The van der Waals surface area contributed by atoms with Crippen molar-refractivity contribution in [1.29, 1.82) is 0 Å². The van der Waals surface area contributed by atoms with Crippen molar-refractivity contribution in [3.8, 4) is 0 Å². The maximum atomic E-state index is 11.8. The van der Waals surface area contributed by atoms with E-state index >= 15 is 0 Å². The third-order valence-corrected chi connectivity index (χ3v) is 6.09. The molecular weight excluding hydrogens is 431 g/mol. The Bertz CT molecular complexity index is 530. The molecule has 0 aromatic heterocycles. The number of halogens is 1. The van der Waals surface area contributed by atoms with Crippen molar-refractivity contribution in [2.24, 2.45) is 16.6 Å². The first-order valence-electron chi connectivity index (χ1n) is 7.90. The Morgan fingerprint density at radius 2 is 1.96 bits per heavy atom. The van der Waals surface area contributed by atoms with Gasteiger partial charge in [-0.25, -0.2) is 8.42 Å². The summed E-state index contributed by atoms with van der Waals surface area (Å²) in [7, 11) is -2.96. The zero-order valence-electron chi connectivity index (χ0n) is 13.5. The molecule has 0 saturated carbocycles. The number of guanidine groups is 1. The van der Waals surface area contributed by atoms with E-state index in [9.17, 15) is 13.2 Å². The molecule has 7 nitrogen and oxygen atoms in total. The van der Waals surface area contributed by atoms with Gasteiger partial charge in [-0.1, -0.05) is 6.92 Å². The molecule has 134 valence electrons. The van der Waals surface area contributed by atoms with Crippen molar-refractivity contribution in [3.05, 3.63) is 0 Å². The number of hydrogen-bond donors (Lipinski definition) is 2. The number of sulfone groups is 1. The molecule has 0 aromatic rings. The lowest BCUT2D eigenvalue weighted by Crippen LogP contribution is -2.42. The molecule has 2 heterocycles. The van der Waals surface area contributed by atoms with Crippen LogP contribution in [-0.2, 0) is 14.6 Å². The number of nitrogens with zero attached hydrogens (tertiary/aromatic N) is 2. The van der Waals surface area contributed by atoms with E-state index in [2.05, 4.69) is 22.1 Å². The standard InChI is InChI=1S/C14H26N4O3S.HI/c1-11-3-7-18(8-4-11)14(15)16-6-2-13(19)17-12-5-9-22(20,21)10-12;/h11-12H,2-10H2,1H3,(H2,15,16)(H,17,19);1H. The predicted molar refractivity (Wildman–Crippen MR) is 102 cm³/mol. The number of piperidine rings is 1. The van der Waals surface area contributed by atoms with Crippen LogP contribution < -0.4 is 11.1 Å². The molecule has 0 bridgehead atoms. The van der Waals surface area contributed by atoms with Gasteiger partial charge in [-0.15, -0.1) is 24.0 Å². The molecule has 2 aliphatic rings. The molecule has 0 aliphatic carbocycles. The molecule has 1 atom stereocenters. The van der Waals surface area contributed by atoms with Crippen molar-refractivity contribution >= 4 is 45.7 Å². The van der Waals surface area contributed by atoms with Gasteiger partial charge in [0.2, 0.25) is 5.91 Å². The summed E-state index contributed by atoms with van der Waals surface area (Å²) in [5, 5.41) is 2.75. The first-order valence-corrected chi connectivity index (χ1v) is 9.72. The molecule has 3 N–H and O–H groups in total. The Balaban J connectivity index is 0.00000264. The van der Waals surface area contributed by atoms with Gasteiger partial charge < -0.3 is 16.0 Å². The Hall–Kier alpha value is -0.580. The van der Waals surface area contributed by atoms with E-state index in [4.69, 9.17) is 5.73 Å². The van der Waals surface area contributed by atoms with Crippen LogP contribution in [0.2, 0.25) is 0 Å². The van der Waals surface area contributed by atoms with Crippen molar-refractivity contribution in [1.82, 2.24) is 10.2 Å². The maximum Gasteiger partial charge on any atom is 0.222 e. The maximum absolute atomic E-state index is 11.8. The number of hydrogen-bond acceptors (Lipinski definition) is 4. The second-order valence-electron chi connectivity index (χ2n) is 6.33. The summed E-state index contributed by atoms with van der Waals surface area (Å²) < 4.78 is 22.7. The number of likely N-dealkylation sites (tertiary alicyclic amines) is 1. The normalized spacial score (nSPS) is 25.0. The Kier molecular flexibility index (Phi) is 8.05. The zero-order chi connectivity index (χ0) is 16.2. The number of carbonyl (C=O) groups excluding carboxylic acids is 1. The largest absolute Gasteiger partial charge is 0.370 e. The third kappa shape index (κ3) is 6.82. The fraction of sp³-hybridized carbons (Fsp3) is 0.857. The summed E-state index contributed by atoms with van der Waals surface area (Å²) in [6, 6.07) is -0.248. The number of nitrogens with one attached hydrogen (secondary N) is 1. The van der Waals surface area contributed by atoms with Gasteiger partial charge in [0, 0.05) is 25.6 Å². The van der Waals surface area contributed by atoms with Crippen LogP contribution >= 0.6 is 24.0 Å². The molecule has 2 rings (SSSR count). The Morgan fingerprint density at radius 3 is 2.52 bits per heavy atom. The van der Waals surface area contributed by atoms with Crippen LogP contribution in [-0.4, -0.2) is 62.4 Å². The van der Waals surface area contributed by atoms with Crippen LogP contribution in [0.25, 0.3) is 0 Å². The lowest BCUT2D eigenvalue weighted by Gasteiger charge is -2.31. The second kappa shape index (κ2) is 9.05. The Morgan fingerprint density at radius 1 is 1.30 bits per heavy atom. The van der Waals surface area contributed by atoms with Crippen LogP contribution in [0.5, 0.6) is 0 Å². The van der Waals surface area contributed by atoms with Gasteiger partial charge in [0.25, 0.3) is 0 Å². The molecular formula is C14H27IN4O3S. The molecule has 0 aromatic carbocycles. The fourth-order valence-electron chi connectivity index (χ4n) is 2.82. The number of rotatable bonds is 4. The van der Waals surface area contributed by atoms with Crippen molar-refractivity contribution < 1.29 is 13.2 Å². The second-order valence-corrected chi connectivity index (χ2v) is 8.56. The Labute approximate surface area is 155 Å². The average molecular weight is 458 g/mol. The summed E-state index contributed by atoms with van der Waals surface area (Å²) in [6.07, 6.45) is 2.98. The number of amides is 1. The smallest absolute Gasteiger partial charge is 0.222 e. The number of nitrogens with two attached hydrogens (primary N) is 1. The molecule has 0 radical (unpaired) electrons.